The van der Waals surface area contributed by atoms with Gasteiger partial charge in [0.1, 0.15) is 5.75 Å². The molecule has 1 heterocycles. The largest absolute Gasteiger partial charge is 0.497 e. The number of hydrogen-bond donors (Lipinski definition) is 0. The van der Waals surface area contributed by atoms with Crippen LogP contribution < -0.4 is 4.74 Å². The minimum Gasteiger partial charge on any atom is -0.497 e. The van der Waals surface area contributed by atoms with E-state index in [1.165, 1.54) is 0 Å². The molecule has 0 bridgehead atoms. The third-order valence-electron chi connectivity index (χ3n) is 3.69. The quantitative estimate of drug-likeness (QED) is 0.859. The van der Waals surface area contributed by atoms with Gasteiger partial charge < -0.3 is 9.64 Å². The van der Waals surface area contributed by atoms with Crippen LogP contribution in [0.1, 0.15) is 17.2 Å². The summed E-state index contributed by atoms with van der Waals surface area (Å²) in [6.07, 6.45) is 3.60. The number of methoxy groups -OCH3 is 1. The summed E-state index contributed by atoms with van der Waals surface area (Å²) < 4.78 is 5.18. The summed E-state index contributed by atoms with van der Waals surface area (Å²) in [5.41, 5.74) is 2.22. The van der Waals surface area contributed by atoms with E-state index in [1.807, 2.05) is 65.6 Å². The predicted octanol–water partition coefficient (Wildman–Crippen LogP) is 3.33. The Morgan fingerprint density at radius 2 is 1.76 bits per heavy atom. The number of carbonyl (C=O) groups excluding carboxylic acids is 1. The Labute approximate surface area is 124 Å². The Kier molecular flexibility index (Phi) is 3.73. The first-order chi connectivity index (χ1) is 10.3. The lowest BCUT2D eigenvalue weighted by Crippen LogP contribution is -2.27. The Morgan fingerprint density at radius 3 is 2.43 bits per heavy atom. The molecule has 2 aromatic rings. The van der Waals surface area contributed by atoms with Gasteiger partial charge in [0.15, 0.2) is 0 Å². The van der Waals surface area contributed by atoms with Gasteiger partial charge in [0.2, 0.25) is 5.91 Å². The predicted molar refractivity (Wildman–Crippen MR) is 81.9 cm³/mol. The summed E-state index contributed by atoms with van der Waals surface area (Å²) in [7, 11) is 1.65. The van der Waals surface area contributed by atoms with Gasteiger partial charge >= 0.3 is 0 Å². The molecule has 3 heteroatoms. The minimum absolute atomic E-state index is 0.0105. The summed E-state index contributed by atoms with van der Waals surface area (Å²) >= 11 is 0. The molecule has 0 N–H and O–H groups in total. The first-order valence-corrected chi connectivity index (χ1v) is 6.94. The van der Waals surface area contributed by atoms with Gasteiger partial charge in [-0.1, -0.05) is 48.5 Å². The van der Waals surface area contributed by atoms with Crippen molar-refractivity contribution in [3.05, 3.63) is 77.9 Å². The molecule has 1 amide bonds. The number of ether oxygens (including phenoxy) is 1. The van der Waals surface area contributed by atoms with E-state index in [-0.39, 0.29) is 11.9 Å². The summed E-state index contributed by atoms with van der Waals surface area (Å²) in [5.74, 6) is 0.876. The molecule has 0 aromatic heterocycles. The summed E-state index contributed by atoms with van der Waals surface area (Å²) in [5, 5.41) is 0. The molecule has 21 heavy (non-hydrogen) atoms. The van der Waals surface area contributed by atoms with Gasteiger partial charge in [-0.2, -0.15) is 0 Å². The zero-order valence-electron chi connectivity index (χ0n) is 11.9. The summed E-state index contributed by atoms with van der Waals surface area (Å²) in [6, 6.07) is 17.9. The van der Waals surface area contributed by atoms with Crippen LogP contribution in [0.15, 0.2) is 66.7 Å². The average Bonchev–Trinajstić information content (AvgIpc) is 2.90. The number of hydrogen-bond acceptors (Lipinski definition) is 2. The molecule has 1 unspecified atom stereocenters. The highest BCUT2D eigenvalue weighted by Crippen LogP contribution is 2.30. The van der Waals surface area contributed by atoms with Gasteiger partial charge in [0.05, 0.1) is 13.2 Å². The zero-order valence-corrected chi connectivity index (χ0v) is 11.9. The van der Waals surface area contributed by atoms with Crippen molar-refractivity contribution in [1.29, 1.82) is 0 Å². The molecule has 0 fully saturated rings. The smallest absolute Gasteiger partial charge is 0.247 e. The molecule has 0 aliphatic carbocycles. The molecule has 0 spiro atoms. The van der Waals surface area contributed by atoms with E-state index in [1.54, 1.807) is 13.2 Å². The number of amides is 1. The van der Waals surface area contributed by atoms with E-state index in [4.69, 9.17) is 4.74 Å². The summed E-state index contributed by atoms with van der Waals surface area (Å²) in [4.78, 5) is 14.0. The van der Waals surface area contributed by atoms with Crippen molar-refractivity contribution in [2.45, 2.75) is 12.6 Å². The molecular formula is C18H17NO2. The Balaban J connectivity index is 1.83. The van der Waals surface area contributed by atoms with Crippen LogP contribution in [0.4, 0.5) is 0 Å². The van der Waals surface area contributed by atoms with Crippen LogP contribution in [0.5, 0.6) is 5.75 Å². The van der Waals surface area contributed by atoms with Crippen molar-refractivity contribution >= 4 is 5.91 Å². The fourth-order valence-electron chi connectivity index (χ4n) is 2.56. The van der Waals surface area contributed by atoms with Crippen LogP contribution in [0, 0.1) is 0 Å². The monoisotopic (exact) mass is 279 g/mol. The second kappa shape index (κ2) is 5.83. The van der Waals surface area contributed by atoms with Crippen LogP contribution in [0.2, 0.25) is 0 Å². The normalized spacial score (nSPS) is 17.3. The number of nitrogens with zero attached hydrogens (tertiary/aromatic N) is 1. The molecule has 0 radical (unpaired) electrons. The molecule has 3 rings (SSSR count). The second-order valence-corrected chi connectivity index (χ2v) is 5.03. The summed E-state index contributed by atoms with van der Waals surface area (Å²) in [6.45, 7) is 0.614. The number of rotatable bonds is 4. The van der Waals surface area contributed by atoms with Gasteiger partial charge in [0.25, 0.3) is 0 Å². The van der Waals surface area contributed by atoms with Gasteiger partial charge in [0, 0.05) is 12.6 Å². The first kappa shape index (κ1) is 13.4. The van der Waals surface area contributed by atoms with Crippen LogP contribution in [0.25, 0.3) is 0 Å². The third kappa shape index (κ3) is 2.82. The van der Waals surface area contributed by atoms with Crippen molar-refractivity contribution in [1.82, 2.24) is 4.90 Å². The lowest BCUT2D eigenvalue weighted by molar-refractivity contribution is -0.126. The van der Waals surface area contributed by atoms with Crippen molar-refractivity contribution in [2.24, 2.45) is 0 Å². The highest BCUT2D eigenvalue weighted by Gasteiger charge is 2.26. The topological polar surface area (TPSA) is 29.5 Å². The molecule has 1 aliphatic heterocycles. The molecule has 1 aliphatic rings. The Hall–Kier alpha value is -2.55. The third-order valence-corrected chi connectivity index (χ3v) is 3.69. The molecule has 0 saturated carbocycles. The van der Waals surface area contributed by atoms with Gasteiger partial charge in [-0.05, 0) is 23.3 Å². The Morgan fingerprint density at radius 1 is 1.05 bits per heavy atom. The highest BCUT2D eigenvalue weighted by atomic mass is 16.5. The van der Waals surface area contributed by atoms with E-state index in [0.717, 1.165) is 16.9 Å². The van der Waals surface area contributed by atoms with Gasteiger partial charge in [-0.3, -0.25) is 4.79 Å². The van der Waals surface area contributed by atoms with Crippen LogP contribution >= 0.6 is 0 Å². The average molecular weight is 279 g/mol. The first-order valence-electron chi connectivity index (χ1n) is 6.94. The molecule has 106 valence electrons. The standard InChI is InChI=1S/C18H17NO2/c1-21-16-9-7-15(8-10-16)17-11-12-18(20)19(17)13-14-5-3-2-4-6-14/h2-12,17H,13H2,1H3. The van der Waals surface area contributed by atoms with Crippen molar-refractivity contribution < 1.29 is 9.53 Å². The van der Waals surface area contributed by atoms with Crippen LogP contribution in [-0.4, -0.2) is 17.9 Å². The number of carbonyl (C=O) groups is 1. The molecule has 2 aromatic carbocycles. The van der Waals surface area contributed by atoms with E-state index < -0.39 is 0 Å². The molecular weight excluding hydrogens is 262 g/mol. The minimum atomic E-state index is -0.0105. The van der Waals surface area contributed by atoms with Crippen molar-refractivity contribution in [3.8, 4) is 5.75 Å². The lowest BCUT2D eigenvalue weighted by Gasteiger charge is -2.25. The fraction of sp³-hybridized carbons (Fsp3) is 0.167. The highest BCUT2D eigenvalue weighted by molar-refractivity contribution is 5.90. The van der Waals surface area contributed by atoms with Crippen LogP contribution in [0.3, 0.4) is 0 Å². The second-order valence-electron chi connectivity index (χ2n) is 5.03. The molecule has 0 saturated heterocycles. The van der Waals surface area contributed by atoms with Gasteiger partial charge in [-0.25, -0.2) is 0 Å². The SMILES string of the molecule is COc1ccc(C2C=CC(=O)N2Cc2ccccc2)cc1. The lowest BCUT2D eigenvalue weighted by atomic mass is 10.1. The van der Waals surface area contributed by atoms with Crippen molar-refractivity contribution in [2.75, 3.05) is 7.11 Å². The van der Waals surface area contributed by atoms with E-state index in [9.17, 15) is 4.79 Å². The zero-order chi connectivity index (χ0) is 14.7. The van der Waals surface area contributed by atoms with E-state index in [2.05, 4.69) is 0 Å². The maximum absolute atomic E-state index is 12.1. The van der Waals surface area contributed by atoms with Crippen molar-refractivity contribution in [3.63, 3.8) is 0 Å². The van der Waals surface area contributed by atoms with E-state index in [0.29, 0.717) is 6.54 Å². The maximum atomic E-state index is 12.1. The van der Waals surface area contributed by atoms with Gasteiger partial charge in [-0.15, -0.1) is 0 Å². The maximum Gasteiger partial charge on any atom is 0.247 e. The van der Waals surface area contributed by atoms with Crippen LogP contribution in [-0.2, 0) is 11.3 Å². The molecule has 1 atom stereocenters. The van der Waals surface area contributed by atoms with E-state index >= 15 is 0 Å². The number of benzene rings is 2. The Bertz CT molecular complexity index is 647. The fourth-order valence-corrected chi connectivity index (χ4v) is 2.56. The molecule has 3 nitrogen and oxygen atoms in total.